The van der Waals surface area contributed by atoms with Gasteiger partial charge in [-0.05, 0) is 43.7 Å². The number of aryl methyl sites for hydroxylation is 2. The standard InChI is InChI=1S/C21H21N5O3/c27-18-11-13-5-3-9-17(13)24-26(18)12-14-6-4-10-25(14)21(29)19-15-7-1-2-8-16(15)20(28)23-22-19/h1-2,7-8,11,14H,3-6,9-10,12H2,(H,23,28). The van der Waals surface area contributed by atoms with E-state index in [2.05, 4.69) is 15.3 Å². The van der Waals surface area contributed by atoms with Gasteiger partial charge in [0.1, 0.15) is 0 Å². The molecule has 5 rings (SSSR count). The Labute approximate surface area is 166 Å². The number of rotatable bonds is 3. The SMILES string of the molecule is O=C(c1n[nH]c(=O)c2ccccc12)N1CCCC1Cn1nc2c(cc1=O)CCC2. The number of carbonyl (C=O) groups is 1. The van der Waals surface area contributed by atoms with Gasteiger partial charge in [-0.2, -0.15) is 10.2 Å². The van der Waals surface area contributed by atoms with Crippen LogP contribution in [0, 0.1) is 0 Å². The third-order valence-corrected chi connectivity index (χ3v) is 5.94. The summed E-state index contributed by atoms with van der Waals surface area (Å²) in [6, 6.07) is 8.53. The largest absolute Gasteiger partial charge is 0.332 e. The lowest BCUT2D eigenvalue weighted by atomic mass is 10.1. The van der Waals surface area contributed by atoms with Crippen LogP contribution in [-0.2, 0) is 19.4 Å². The smallest absolute Gasteiger partial charge is 0.275 e. The quantitative estimate of drug-likeness (QED) is 0.725. The van der Waals surface area contributed by atoms with Crippen molar-refractivity contribution in [3.05, 3.63) is 68.0 Å². The maximum absolute atomic E-state index is 13.3. The number of aromatic nitrogens is 4. The molecule has 8 nitrogen and oxygen atoms in total. The van der Waals surface area contributed by atoms with Gasteiger partial charge in [-0.15, -0.1) is 0 Å². The fraction of sp³-hybridized carbons (Fsp3) is 0.381. The Kier molecular flexibility index (Phi) is 4.26. The number of H-pyrrole nitrogens is 1. The van der Waals surface area contributed by atoms with Crippen molar-refractivity contribution in [3.8, 4) is 0 Å². The Balaban J connectivity index is 1.46. The summed E-state index contributed by atoms with van der Waals surface area (Å²) in [6.45, 7) is 0.970. The average Bonchev–Trinajstić information content (AvgIpc) is 3.37. The third-order valence-electron chi connectivity index (χ3n) is 5.94. The van der Waals surface area contributed by atoms with Crippen LogP contribution in [0.25, 0.3) is 10.8 Å². The Bertz CT molecular complexity index is 1230. The molecule has 0 saturated carbocycles. The lowest BCUT2D eigenvalue weighted by Gasteiger charge is -2.25. The minimum absolute atomic E-state index is 0.113. The molecule has 1 unspecified atom stereocenters. The van der Waals surface area contributed by atoms with Gasteiger partial charge in [0.15, 0.2) is 5.69 Å². The van der Waals surface area contributed by atoms with Crippen LogP contribution in [0.15, 0.2) is 39.9 Å². The average molecular weight is 391 g/mol. The number of fused-ring (bicyclic) bond motifs is 2. The zero-order valence-corrected chi connectivity index (χ0v) is 15.9. The molecule has 2 aromatic heterocycles. The van der Waals surface area contributed by atoms with E-state index >= 15 is 0 Å². The van der Waals surface area contributed by atoms with Gasteiger partial charge in [0.05, 0.1) is 23.7 Å². The van der Waals surface area contributed by atoms with Crippen molar-refractivity contribution in [2.75, 3.05) is 6.54 Å². The Hall–Kier alpha value is -3.29. The molecule has 3 heterocycles. The first-order valence-corrected chi connectivity index (χ1v) is 10.00. The predicted octanol–water partition coefficient (Wildman–Crippen LogP) is 1.27. The highest BCUT2D eigenvalue weighted by atomic mass is 16.2. The molecule has 1 aliphatic carbocycles. The number of hydrogen-bond donors (Lipinski definition) is 1. The van der Waals surface area contributed by atoms with E-state index in [9.17, 15) is 14.4 Å². The molecule has 148 valence electrons. The summed E-state index contributed by atoms with van der Waals surface area (Å²) in [7, 11) is 0. The summed E-state index contributed by atoms with van der Waals surface area (Å²) in [5, 5.41) is 12.0. The zero-order chi connectivity index (χ0) is 20.0. The van der Waals surface area contributed by atoms with Crippen LogP contribution in [0.2, 0.25) is 0 Å². The Morgan fingerprint density at radius 2 is 1.97 bits per heavy atom. The molecular formula is C21H21N5O3. The van der Waals surface area contributed by atoms with E-state index < -0.39 is 0 Å². The van der Waals surface area contributed by atoms with Gasteiger partial charge in [-0.1, -0.05) is 18.2 Å². The molecule has 0 bridgehead atoms. The molecule has 1 amide bonds. The molecule has 1 aliphatic heterocycles. The van der Waals surface area contributed by atoms with E-state index in [1.165, 1.54) is 4.68 Å². The molecule has 1 atom stereocenters. The van der Waals surface area contributed by atoms with Gasteiger partial charge < -0.3 is 4.90 Å². The topological polar surface area (TPSA) is 101 Å². The van der Waals surface area contributed by atoms with Crippen molar-refractivity contribution < 1.29 is 4.79 Å². The number of aromatic amines is 1. The fourth-order valence-electron chi connectivity index (χ4n) is 4.48. The van der Waals surface area contributed by atoms with E-state index in [0.717, 1.165) is 43.4 Å². The van der Waals surface area contributed by atoms with Gasteiger partial charge in [0.2, 0.25) is 0 Å². The van der Waals surface area contributed by atoms with Crippen molar-refractivity contribution in [3.63, 3.8) is 0 Å². The number of amides is 1. The number of nitrogens with one attached hydrogen (secondary N) is 1. The number of likely N-dealkylation sites (tertiary alicyclic amines) is 1. The van der Waals surface area contributed by atoms with E-state index in [1.807, 2.05) is 0 Å². The van der Waals surface area contributed by atoms with E-state index in [0.29, 0.717) is 23.9 Å². The van der Waals surface area contributed by atoms with Crippen LogP contribution in [0.3, 0.4) is 0 Å². The minimum atomic E-state index is -0.316. The Morgan fingerprint density at radius 1 is 1.14 bits per heavy atom. The molecule has 0 spiro atoms. The number of nitrogens with zero attached hydrogens (tertiary/aromatic N) is 4. The maximum Gasteiger partial charge on any atom is 0.275 e. The highest BCUT2D eigenvalue weighted by Crippen LogP contribution is 2.23. The van der Waals surface area contributed by atoms with Crippen LogP contribution in [0.5, 0.6) is 0 Å². The summed E-state index contributed by atoms with van der Waals surface area (Å²) < 4.78 is 1.50. The zero-order valence-electron chi connectivity index (χ0n) is 15.9. The molecule has 2 aliphatic rings. The molecule has 1 fully saturated rings. The lowest BCUT2D eigenvalue weighted by Crippen LogP contribution is -2.41. The van der Waals surface area contributed by atoms with Crippen molar-refractivity contribution >= 4 is 16.7 Å². The second-order valence-corrected chi connectivity index (χ2v) is 7.73. The van der Waals surface area contributed by atoms with E-state index in [1.54, 1.807) is 35.2 Å². The first-order chi connectivity index (χ1) is 14.1. The predicted molar refractivity (Wildman–Crippen MR) is 107 cm³/mol. The summed E-state index contributed by atoms with van der Waals surface area (Å²) in [4.78, 5) is 39.5. The monoisotopic (exact) mass is 391 g/mol. The second-order valence-electron chi connectivity index (χ2n) is 7.73. The number of benzene rings is 1. The molecule has 8 heteroatoms. The molecular weight excluding hydrogens is 370 g/mol. The van der Waals surface area contributed by atoms with Crippen LogP contribution < -0.4 is 11.1 Å². The van der Waals surface area contributed by atoms with Crippen LogP contribution in [0.4, 0.5) is 0 Å². The summed E-state index contributed by atoms with van der Waals surface area (Å²) in [5.41, 5.74) is 1.85. The van der Waals surface area contributed by atoms with Crippen LogP contribution in [0.1, 0.15) is 41.0 Å². The van der Waals surface area contributed by atoms with E-state index in [-0.39, 0.29) is 28.8 Å². The van der Waals surface area contributed by atoms with Crippen LogP contribution in [-0.4, -0.2) is 43.4 Å². The minimum Gasteiger partial charge on any atom is -0.332 e. The van der Waals surface area contributed by atoms with Crippen molar-refractivity contribution in [1.82, 2.24) is 24.9 Å². The number of carbonyl (C=O) groups excluding carboxylic acids is 1. The normalized spacial score (nSPS) is 18.3. The van der Waals surface area contributed by atoms with Gasteiger partial charge in [-0.3, -0.25) is 14.4 Å². The fourth-order valence-corrected chi connectivity index (χ4v) is 4.48. The molecule has 3 aromatic rings. The first kappa shape index (κ1) is 17.8. The first-order valence-electron chi connectivity index (χ1n) is 10.00. The van der Waals surface area contributed by atoms with Crippen molar-refractivity contribution in [1.29, 1.82) is 0 Å². The molecule has 1 N–H and O–H groups in total. The van der Waals surface area contributed by atoms with Gasteiger partial charge in [0, 0.05) is 18.0 Å². The maximum atomic E-state index is 13.3. The van der Waals surface area contributed by atoms with E-state index in [4.69, 9.17) is 0 Å². The molecule has 29 heavy (non-hydrogen) atoms. The summed E-state index contributed by atoms with van der Waals surface area (Å²) in [6.07, 6.45) is 4.51. The lowest BCUT2D eigenvalue weighted by molar-refractivity contribution is 0.0715. The number of hydrogen-bond acceptors (Lipinski definition) is 5. The Morgan fingerprint density at radius 3 is 2.83 bits per heavy atom. The summed E-state index contributed by atoms with van der Waals surface area (Å²) in [5.74, 6) is -0.228. The third kappa shape index (κ3) is 3.04. The van der Waals surface area contributed by atoms with Crippen molar-refractivity contribution in [2.24, 2.45) is 0 Å². The molecule has 1 aromatic carbocycles. The van der Waals surface area contributed by atoms with Gasteiger partial charge >= 0.3 is 0 Å². The highest BCUT2D eigenvalue weighted by Gasteiger charge is 2.32. The highest BCUT2D eigenvalue weighted by molar-refractivity contribution is 6.04. The molecule has 0 radical (unpaired) electrons. The summed E-state index contributed by atoms with van der Waals surface area (Å²) >= 11 is 0. The van der Waals surface area contributed by atoms with Gasteiger partial charge in [0.25, 0.3) is 17.0 Å². The molecule has 1 saturated heterocycles. The second kappa shape index (κ2) is 6.95. The van der Waals surface area contributed by atoms with Gasteiger partial charge in [-0.25, -0.2) is 9.78 Å². The van der Waals surface area contributed by atoms with Crippen molar-refractivity contribution in [2.45, 2.75) is 44.7 Å². The van der Waals surface area contributed by atoms with Crippen LogP contribution >= 0.6 is 0 Å².